The summed E-state index contributed by atoms with van der Waals surface area (Å²) in [5, 5.41) is 3.81. The first-order valence-electron chi connectivity index (χ1n) is 11.5. The summed E-state index contributed by atoms with van der Waals surface area (Å²) >= 11 is 0. The lowest BCUT2D eigenvalue weighted by Gasteiger charge is -2.34. The quantitative estimate of drug-likeness (QED) is 0.409. The second-order valence-corrected chi connectivity index (χ2v) is 8.61. The number of nitrogens with two attached hydrogens (primary N) is 1. The monoisotopic (exact) mass is 541 g/mol. The number of anilines is 2. The summed E-state index contributed by atoms with van der Waals surface area (Å²) in [6.45, 7) is 3.34. The topological polar surface area (TPSA) is 130 Å². The predicted octanol–water partition coefficient (Wildman–Crippen LogP) is 3.23. The van der Waals surface area contributed by atoms with E-state index in [9.17, 15) is 31.5 Å². The summed E-state index contributed by atoms with van der Waals surface area (Å²) < 4.78 is 74.2. The molecule has 3 amide bonds. The van der Waals surface area contributed by atoms with Crippen molar-refractivity contribution < 1.29 is 36.0 Å². The Morgan fingerprint density at radius 3 is 2.39 bits per heavy atom. The molecule has 4 rings (SSSR count). The molecule has 1 saturated heterocycles. The largest absolute Gasteiger partial charge is 0.455 e. The molecule has 0 saturated carbocycles. The van der Waals surface area contributed by atoms with E-state index in [4.69, 9.17) is 10.2 Å². The summed E-state index contributed by atoms with van der Waals surface area (Å²) in [5.41, 5.74) is 4.71. The maximum Gasteiger partial charge on any atom is 0.416 e. The number of aromatic nitrogens is 2. The summed E-state index contributed by atoms with van der Waals surface area (Å²) in [7, 11) is 0. The molecule has 1 aliphatic heterocycles. The van der Waals surface area contributed by atoms with E-state index in [1.54, 1.807) is 10.2 Å². The molecule has 1 fully saturated rings. The van der Waals surface area contributed by atoms with Gasteiger partial charge in [-0.1, -0.05) is 0 Å². The van der Waals surface area contributed by atoms with Gasteiger partial charge >= 0.3 is 12.2 Å². The van der Waals surface area contributed by atoms with E-state index in [1.807, 2.05) is 4.90 Å². The van der Waals surface area contributed by atoms with Crippen LogP contribution in [0, 0.1) is 18.6 Å². The number of carbonyl (C=O) groups is 2. The second kappa shape index (κ2) is 10.8. The van der Waals surface area contributed by atoms with Crippen LogP contribution in [0.25, 0.3) is 11.0 Å². The fourth-order valence-electron chi connectivity index (χ4n) is 4.12. The number of urea groups is 1. The number of halogens is 5. The van der Waals surface area contributed by atoms with Crippen molar-refractivity contribution in [3.8, 4) is 0 Å². The number of nitrogens with zero attached hydrogens (tertiary/aromatic N) is 4. The standard InChI is InChI=1S/C23H24F5N7O3/c1-12-15-8-13(24)9-16(25)19(15)38-18(12)20(23(26,27)28)33-22(37)32-14-10-30-21(31-11-14)35-6-4-34(5-7-35)17(36)2-3-29/h8-11,20H,2-7,29H2,1H3,(H2,32,33,37)/t20-/m1/s1. The predicted molar refractivity (Wildman–Crippen MR) is 126 cm³/mol. The molecular weight excluding hydrogens is 517 g/mol. The van der Waals surface area contributed by atoms with Crippen molar-refractivity contribution >= 4 is 34.5 Å². The first-order chi connectivity index (χ1) is 18.0. The van der Waals surface area contributed by atoms with Gasteiger partial charge in [-0.3, -0.25) is 4.79 Å². The number of piperazine rings is 1. The molecule has 4 N–H and O–H groups in total. The number of benzene rings is 1. The van der Waals surface area contributed by atoms with Crippen molar-refractivity contribution in [3.63, 3.8) is 0 Å². The second-order valence-electron chi connectivity index (χ2n) is 8.61. The van der Waals surface area contributed by atoms with Crippen LogP contribution in [-0.2, 0) is 4.79 Å². The van der Waals surface area contributed by atoms with Gasteiger partial charge in [0.2, 0.25) is 11.9 Å². The zero-order valence-electron chi connectivity index (χ0n) is 20.1. The molecule has 3 heterocycles. The summed E-state index contributed by atoms with van der Waals surface area (Å²) in [4.78, 5) is 36.2. The Morgan fingerprint density at radius 2 is 1.79 bits per heavy atom. The van der Waals surface area contributed by atoms with E-state index in [-0.39, 0.29) is 35.5 Å². The Kier molecular flexibility index (Phi) is 7.66. The van der Waals surface area contributed by atoms with Crippen LogP contribution >= 0.6 is 0 Å². The van der Waals surface area contributed by atoms with Gasteiger partial charge < -0.3 is 30.6 Å². The Bertz CT molecular complexity index is 1320. The Morgan fingerprint density at radius 1 is 1.13 bits per heavy atom. The van der Waals surface area contributed by atoms with Gasteiger partial charge in [0, 0.05) is 56.2 Å². The molecule has 1 aromatic carbocycles. The fraction of sp³-hybridized carbons (Fsp3) is 0.391. The maximum absolute atomic E-state index is 14.0. The third-order valence-electron chi connectivity index (χ3n) is 6.03. The van der Waals surface area contributed by atoms with E-state index in [2.05, 4.69) is 15.3 Å². The van der Waals surface area contributed by atoms with Gasteiger partial charge in [0.05, 0.1) is 18.1 Å². The molecule has 0 bridgehead atoms. The van der Waals surface area contributed by atoms with Gasteiger partial charge in [0.25, 0.3) is 0 Å². The molecule has 204 valence electrons. The van der Waals surface area contributed by atoms with Crippen molar-refractivity contribution in [2.75, 3.05) is 42.9 Å². The van der Waals surface area contributed by atoms with Gasteiger partial charge in [-0.25, -0.2) is 23.5 Å². The smallest absolute Gasteiger partial charge is 0.416 e. The van der Waals surface area contributed by atoms with E-state index in [0.29, 0.717) is 38.2 Å². The summed E-state index contributed by atoms with van der Waals surface area (Å²) in [5.74, 6) is -2.64. The molecule has 10 nitrogen and oxygen atoms in total. The molecule has 3 aromatic rings. The number of alkyl halides is 3. The van der Waals surface area contributed by atoms with E-state index >= 15 is 0 Å². The first kappa shape index (κ1) is 27.0. The van der Waals surface area contributed by atoms with Crippen molar-refractivity contribution in [1.82, 2.24) is 20.2 Å². The van der Waals surface area contributed by atoms with Crippen LogP contribution in [-0.4, -0.2) is 65.7 Å². The molecule has 0 unspecified atom stereocenters. The van der Waals surface area contributed by atoms with Crippen LogP contribution < -0.4 is 21.3 Å². The molecule has 1 atom stereocenters. The zero-order valence-corrected chi connectivity index (χ0v) is 20.1. The van der Waals surface area contributed by atoms with Crippen LogP contribution in [0.5, 0.6) is 0 Å². The number of amides is 3. The molecule has 15 heteroatoms. The minimum atomic E-state index is -5.01. The molecule has 38 heavy (non-hydrogen) atoms. The Hall–Kier alpha value is -4.01. The first-order valence-corrected chi connectivity index (χ1v) is 11.5. The number of carbonyl (C=O) groups excluding carboxylic acids is 2. The molecule has 0 aliphatic carbocycles. The lowest BCUT2D eigenvalue weighted by molar-refractivity contribution is -0.158. The molecule has 1 aliphatic rings. The minimum Gasteiger partial charge on any atom is -0.455 e. The maximum atomic E-state index is 14.0. The SMILES string of the molecule is Cc1c([C@@H](NC(=O)Nc2cnc(N3CCN(C(=O)CCN)CC3)nc2)C(F)(F)F)oc2c(F)cc(F)cc12. The minimum absolute atomic E-state index is 0.0124. The average Bonchev–Trinajstić information content (AvgIpc) is 3.19. The number of hydrogen-bond donors (Lipinski definition) is 3. The molecular formula is C23H24F5N7O3. The van der Waals surface area contributed by atoms with Crippen LogP contribution in [0.2, 0.25) is 0 Å². The van der Waals surface area contributed by atoms with Crippen molar-refractivity contribution in [2.45, 2.75) is 25.6 Å². The number of rotatable bonds is 6. The van der Waals surface area contributed by atoms with E-state index in [1.165, 1.54) is 19.3 Å². The van der Waals surface area contributed by atoms with E-state index in [0.717, 1.165) is 6.07 Å². The average molecular weight is 541 g/mol. The number of furan rings is 1. The lowest BCUT2D eigenvalue weighted by Crippen LogP contribution is -2.49. The lowest BCUT2D eigenvalue weighted by atomic mass is 10.1. The van der Waals surface area contributed by atoms with Crippen molar-refractivity contribution in [1.29, 1.82) is 0 Å². The summed E-state index contributed by atoms with van der Waals surface area (Å²) in [6.07, 6.45) is -2.30. The third kappa shape index (κ3) is 5.77. The van der Waals surface area contributed by atoms with Gasteiger partial charge in [-0.05, 0) is 13.0 Å². The van der Waals surface area contributed by atoms with E-state index < -0.39 is 41.2 Å². The van der Waals surface area contributed by atoms with Crippen LogP contribution in [0.3, 0.4) is 0 Å². The Balaban J connectivity index is 1.43. The molecule has 0 spiro atoms. The highest BCUT2D eigenvalue weighted by atomic mass is 19.4. The van der Waals surface area contributed by atoms with Crippen molar-refractivity contribution in [2.24, 2.45) is 5.73 Å². The highest BCUT2D eigenvalue weighted by Gasteiger charge is 2.45. The van der Waals surface area contributed by atoms with Crippen LogP contribution in [0.4, 0.5) is 38.4 Å². The van der Waals surface area contributed by atoms with Gasteiger partial charge in [-0.2, -0.15) is 13.2 Å². The molecule has 0 radical (unpaired) electrons. The highest BCUT2D eigenvalue weighted by molar-refractivity contribution is 5.89. The van der Waals surface area contributed by atoms with Gasteiger partial charge in [0.1, 0.15) is 11.6 Å². The van der Waals surface area contributed by atoms with Gasteiger partial charge in [0.15, 0.2) is 17.4 Å². The molecule has 2 aromatic heterocycles. The summed E-state index contributed by atoms with van der Waals surface area (Å²) in [6, 6.07) is -2.55. The van der Waals surface area contributed by atoms with Crippen LogP contribution in [0.15, 0.2) is 28.9 Å². The Labute approximate surface area is 213 Å². The van der Waals surface area contributed by atoms with Crippen molar-refractivity contribution in [3.05, 3.63) is 47.5 Å². The number of fused-ring (bicyclic) bond motifs is 1. The van der Waals surface area contributed by atoms with Crippen LogP contribution in [0.1, 0.15) is 23.8 Å². The fourth-order valence-corrected chi connectivity index (χ4v) is 4.12. The van der Waals surface area contributed by atoms with Gasteiger partial charge in [-0.15, -0.1) is 0 Å². The zero-order chi connectivity index (χ0) is 27.6. The number of hydrogen-bond acceptors (Lipinski definition) is 7. The normalized spacial score (nSPS) is 15.0. The highest BCUT2D eigenvalue weighted by Crippen LogP contribution is 2.39. The third-order valence-corrected chi connectivity index (χ3v) is 6.03. The number of nitrogens with one attached hydrogen (secondary N) is 2. The number of aryl methyl sites for hydroxylation is 1.